The lowest BCUT2D eigenvalue weighted by molar-refractivity contribution is 0.237. The van der Waals surface area contributed by atoms with E-state index in [1.165, 1.54) is 0 Å². The lowest BCUT2D eigenvalue weighted by atomic mass is 10.0. The van der Waals surface area contributed by atoms with Crippen LogP contribution in [0.2, 0.25) is 0 Å². The summed E-state index contributed by atoms with van der Waals surface area (Å²) in [7, 11) is 0. The molecule has 2 amide bonds. The molecule has 0 radical (unpaired) electrons. The molecule has 19 heavy (non-hydrogen) atoms. The lowest BCUT2D eigenvalue weighted by Crippen LogP contribution is -2.33. The second-order valence-electron chi connectivity index (χ2n) is 4.87. The zero-order chi connectivity index (χ0) is 14.1. The zero-order valence-corrected chi connectivity index (χ0v) is 11.8. The zero-order valence-electron chi connectivity index (χ0n) is 11.8. The van der Waals surface area contributed by atoms with Gasteiger partial charge in [0.05, 0.1) is 0 Å². The molecule has 4 nitrogen and oxygen atoms in total. The molecule has 0 aliphatic rings. The molecule has 0 saturated carbocycles. The van der Waals surface area contributed by atoms with Crippen LogP contribution < -0.4 is 10.6 Å². The Morgan fingerprint density at radius 3 is 2.79 bits per heavy atom. The van der Waals surface area contributed by atoms with Crippen LogP contribution in [0.5, 0.6) is 0 Å². The molecule has 106 valence electrons. The molecule has 1 rings (SSSR count). The van der Waals surface area contributed by atoms with Gasteiger partial charge in [-0.25, -0.2) is 4.79 Å². The largest absolute Gasteiger partial charge is 0.396 e. The van der Waals surface area contributed by atoms with E-state index < -0.39 is 0 Å². The average molecular weight is 264 g/mol. The monoisotopic (exact) mass is 264 g/mol. The molecule has 4 heteroatoms. The number of aryl methyl sites for hydroxylation is 1. The van der Waals surface area contributed by atoms with Crippen molar-refractivity contribution in [2.75, 3.05) is 18.5 Å². The number of amides is 2. The van der Waals surface area contributed by atoms with E-state index in [1.54, 1.807) is 0 Å². The van der Waals surface area contributed by atoms with Crippen molar-refractivity contribution in [2.24, 2.45) is 5.92 Å². The van der Waals surface area contributed by atoms with Crippen molar-refractivity contribution < 1.29 is 9.90 Å². The molecular weight excluding hydrogens is 240 g/mol. The van der Waals surface area contributed by atoms with Crippen LogP contribution in [0, 0.1) is 12.8 Å². The fourth-order valence-electron chi connectivity index (χ4n) is 2.07. The van der Waals surface area contributed by atoms with Crippen molar-refractivity contribution in [1.82, 2.24) is 5.32 Å². The topological polar surface area (TPSA) is 61.4 Å². The molecule has 1 atom stereocenters. The highest BCUT2D eigenvalue weighted by Gasteiger charge is 2.09. The minimum atomic E-state index is -0.190. The number of nitrogens with one attached hydrogen (secondary N) is 2. The smallest absolute Gasteiger partial charge is 0.319 e. The maximum Gasteiger partial charge on any atom is 0.319 e. The van der Waals surface area contributed by atoms with Gasteiger partial charge in [0.25, 0.3) is 0 Å². The summed E-state index contributed by atoms with van der Waals surface area (Å²) in [6.45, 7) is 4.87. The summed E-state index contributed by atoms with van der Waals surface area (Å²) in [4.78, 5) is 11.8. The third-order valence-electron chi connectivity index (χ3n) is 3.06. The van der Waals surface area contributed by atoms with Crippen LogP contribution in [0.15, 0.2) is 24.3 Å². The predicted molar refractivity (Wildman–Crippen MR) is 78.3 cm³/mol. The minimum absolute atomic E-state index is 0.172. The van der Waals surface area contributed by atoms with Gasteiger partial charge in [0.15, 0.2) is 0 Å². The Labute approximate surface area is 115 Å². The predicted octanol–water partition coefficient (Wildman–Crippen LogP) is 2.92. The molecular formula is C15H24N2O2. The fraction of sp³-hybridized carbons (Fsp3) is 0.533. The highest BCUT2D eigenvalue weighted by atomic mass is 16.3. The Bertz CT molecular complexity index is 387. The van der Waals surface area contributed by atoms with Gasteiger partial charge in [-0.1, -0.05) is 25.5 Å². The molecule has 0 aliphatic heterocycles. The van der Waals surface area contributed by atoms with Gasteiger partial charge in [-0.3, -0.25) is 0 Å². The lowest BCUT2D eigenvalue weighted by Gasteiger charge is -2.16. The van der Waals surface area contributed by atoms with Crippen molar-refractivity contribution >= 4 is 11.7 Å². The molecule has 0 bridgehead atoms. The summed E-state index contributed by atoms with van der Waals surface area (Å²) in [5, 5.41) is 14.6. The van der Waals surface area contributed by atoms with E-state index in [9.17, 15) is 4.79 Å². The summed E-state index contributed by atoms with van der Waals surface area (Å²) >= 11 is 0. The first-order valence-electron chi connectivity index (χ1n) is 6.88. The van der Waals surface area contributed by atoms with Crippen LogP contribution in [0.4, 0.5) is 10.5 Å². The normalized spacial score (nSPS) is 11.9. The molecule has 0 aliphatic carbocycles. The Kier molecular flexibility index (Phi) is 6.97. The second-order valence-corrected chi connectivity index (χ2v) is 4.87. The Balaban J connectivity index is 2.38. The molecule has 3 N–H and O–H groups in total. The summed E-state index contributed by atoms with van der Waals surface area (Å²) < 4.78 is 0. The van der Waals surface area contributed by atoms with Crippen molar-refractivity contribution in [3.8, 4) is 0 Å². The number of anilines is 1. The van der Waals surface area contributed by atoms with Crippen molar-refractivity contribution in [2.45, 2.75) is 33.1 Å². The van der Waals surface area contributed by atoms with Gasteiger partial charge in [0, 0.05) is 18.8 Å². The van der Waals surface area contributed by atoms with Crippen LogP contribution in [0.3, 0.4) is 0 Å². The van der Waals surface area contributed by atoms with Gasteiger partial charge < -0.3 is 15.7 Å². The van der Waals surface area contributed by atoms with E-state index in [4.69, 9.17) is 5.11 Å². The van der Waals surface area contributed by atoms with E-state index in [1.807, 2.05) is 31.2 Å². The van der Waals surface area contributed by atoms with E-state index in [2.05, 4.69) is 17.6 Å². The number of carbonyl (C=O) groups is 1. The number of benzene rings is 1. The number of hydrogen-bond donors (Lipinski definition) is 3. The second kappa shape index (κ2) is 8.53. The number of carbonyl (C=O) groups excluding carboxylic acids is 1. The van der Waals surface area contributed by atoms with Crippen molar-refractivity contribution in [3.63, 3.8) is 0 Å². The average Bonchev–Trinajstić information content (AvgIpc) is 2.36. The number of aliphatic hydroxyl groups excluding tert-OH is 1. The molecule has 0 aromatic heterocycles. The Morgan fingerprint density at radius 2 is 2.16 bits per heavy atom. The van der Waals surface area contributed by atoms with Gasteiger partial charge in [-0.15, -0.1) is 0 Å². The molecule has 0 heterocycles. The third-order valence-corrected chi connectivity index (χ3v) is 3.06. The van der Waals surface area contributed by atoms with Crippen LogP contribution in [-0.4, -0.2) is 24.3 Å². The molecule has 0 spiro atoms. The van der Waals surface area contributed by atoms with E-state index in [-0.39, 0.29) is 12.6 Å². The summed E-state index contributed by atoms with van der Waals surface area (Å²) in [5.41, 5.74) is 1.91. The van der Waals surface area contributed by atoms with E-state index in [0.717, 1.165) is 30.5 Å². The van der Waals surface area contributed by atoms with Gasteiger partial charge in [0.1, 0.15) is 0 Å². The first kappa shape index (κ1) is 15.5. The summed E-state index contributed by atoms with van der Waals surface area (Å²) in [6.07, 6.45) is 2.82. The minimum Gasteiger partial charge on any atom is -0.396 e. The van der Waals surface area contributed by atoms with Gasteiger partial charge in [0.2, 0.25) is 0 Å². The van der Waals surface area contributed by atoms with Crippen molar-refractivity contribution in [3.05, 3.63) is 29.8 Å². The highest BCUT2D eigenvalue weighted by Crippen LogP contribution is 2.11. The van der Waals surface area contributed by atoms with Crippen LogP contribution >= 0.6 is 0 Å². The van der Waals surface area contributed by atoms with Crippen LogP contribution in [0.1, 0.15) is 31.7 Å². The molecule has 1 unspecified atom stereocenters. The first-order chi connectivity index (χ1) is 9.15. The van der Waals surface area contributed by atoms with E-state index >= 15 is 0 Å². The van der Waals surface area contributed by atoms with E-state index in [0.29, 0.717) is 12.5 Å². The molecule has 0 fully saturated rings. The Hall–Kier alpha value is -1.55. The molecule has 1 aromatic carbocycles. The SMILES string of the molecule is CCCC(CCO)CNC(=O)Nc1cccc(C)c1. The number of hydrogen-bond acceptors (Lipinski definition) is 2. The van der Waals surface area contributed by atoms with Gasteiger partial charge in [-0.2, -0.15) is 0 Å². The maximum absolute atomic E-state index is 11.8. The number of aliphatic hydroxyl groups is 1. The molecule has 0 saturated heterocycles. The summed E-state index contributed by atoms with van der Waals surface area (Å²) in [5.74, 6) is 0.346. The number of rotatable bonds is 7. The standard InChI is InChI=1S/C15H24N2O2/c1-3-5-13(8-9-18)11-16-15(19)17-14-7-4-6-12(2)10-14/h4,6-7,10,13,18H,3,5,8-9,11H2,1-2H3,(H2,16,17,19). The van der Waals surface area contributed by atoms with Crippen molar-refractivity contribution in [1.29, 1.82) is 0 Å². The Morgan fingerprint density at radius 1 is 1.37 bits per heavy atom. The van der Waals surface area contributed by atoms with Crippen LogP contribution in [-0.2, 0) is 0 Å². The quantitative estimate of drug-likeness (QED) is 0.709. The first-order valence-corrected chi connectivity index (χ1v) is 6.88. The van der Waals surface area contributed by atoms with Gasteiger partial charge in [-0.05, 0) is 43.4 Å². The number of urea groups is 1. The fourth-order valence-corrected chi connectivity index (χ4v) is 2.07. The van der Waals surface area contributed by atoms with Gasteiger partial charge >= 0.3 is 6.03 Å². The third kappa shape index (κ3) is 6.25. The molecule has 1 aromatic rings. The van der Waals surface area contributed by atoms with Crippen LogP contribution in [0.25, 0.3) is 0 Å². The maximum atomic E-state index is 11.8. The summed E-state index contributed by atoms with van der Waals surface area (Å²) in [6, 6.07) is 7.50. The highest BCUT2D eigenvalue weighted by molar-refractivity contribution is 5.89.